The van der Waals surface area contributed by atoms with Crippen molar-refractivity contribution in [2.75, 3.05) is 6.54 Å². The minimum Gasteiger partial charge on any atom is -0.480 e. The summed E-state index contributed by atoms with van der Waals surface area (Å²) in [6.07, 6.45) is 13.2. The Bertz CT molecular complexity index is 654. The predicted octanol–water partition coefficient (Wildman–Crippen LogP) is 2.86. The molecule has 0 bridgehead atoms. The van der Waals surface area contributed by atoms with Gasteiger partial charge in [0, 0.05) is 12.1 Å². The van der Waals surface area contributed by atoms with Crippen molar-refractivity contribution in [3.05, 3.63) is 48.1 Å². The van der Waals surface area contributed by atoms with Gasteiger partial charge in [-0.3, -0.25) is 4.79 Å². The maximum atomic E-state index is 12.1. The van der Waals surface area contributed by atoms with E-state index in [-0.39, 0.29) is 12.3 Å². The molecule has 1 aliphatic carbocycles. The Morgan fingerprint density at radius 3 is 2.41 bits per heavy atom. The summed E-state index contributed by atoms with van der Waals surface area (Å²) in [6.45, 7) is 5.54. The van der Waals surface area contributed by atoms with Crippen molar-refractivity contribution in [3.63, 3.8) is 0 Å². The number of amides is 2. The van der Waals surface area contributed by atoms with Gasteiger partial charge in [-0.25, -0.2) is 9.59 Å². The van der Waals surface area contributed by atoms with Crippen molar-refractivity contribution in [1.29, 1.82) is 0 Å². The second-order valence-corrected chi connectivity index (χ2v) is 7.04. The molecule has 0 spiro atoms. The number of carboxylic acids is 1. The predicted molar refractivity (Wildman–Crippen MR) is 103 cm³/mol. The molecular weight excluding hydrogens is 348 g/mol. The molecule has 0 saturated heterocycles. The van der Waals surface area contributed by atoms with Crippen molar-refractivity contribution in [3.8, 4) is 0 Å². The maximum absolute atomic E-state index is 12.1. The van der Waals surface area contributed by atoms with E-state index in [1.165, 1.54) is 0 Å². The van der Waals surface area contributed by atoms with Crippen LogP contribution in [0.4, 0.5) is 4.79 Å². The average molecular weight is 376 g/mol. The third-order valence-corrected chi connectivity index (χ3v) is 3.45. The molecule has 2 amide bonds. The first kappa shape index (κ1) is 22.2. The molecule has 7 nitrogen and oxygen atoms in total. The van der Waals surface area contributed by atoms with Crippen LogP contribution >= 0.6 is 0 Å². The largest absolute Gasteiger partial charge is 0.480 e. The molecule has 0 aromatic rings. The van der Waals surface area contributed by atoms with E-state index in [9.17, 15) is 19.5 Å². The molecule has 0 unspecified atom stereocenters. The molecule has 0 aromatic heterocycles. The summed E-state index contributed by atoms with van der Waals surface area (Å²) >= 11 is 0. The van der Waals surface area contributed by atoms with E-state index in [1.807, 2.05) is 18.2 Å². The van der Waals surface area contributed by atoms with Crippen LogP contribution in [0.3, 0.4) is 0 Å². The summed E-state index contributed by atoms with van der Waals surface area (Å²) in [6, 6.07) is -1.02. The van der Waals surface area contributed by atoms with Crippen molar-refractivity contribution in [1.82, 2.24) is 10.6 Å². The lowest BCUT2D eigenvalue weighted by Gasteiger charge is -2.22. The molecule has 0 heterocycles. The molecule has 0 aliphatic heterocycles. The number of hydrogen-bond acceptors (Lipinski definition) is 4. The van der Waals surface area contributed by atoms with Crippen LogP contribution in [0.15, 0.2) is 48.1 Å². The van der Waals surface area contributed by atoms with Crippen molar-refractivity contribution in [2.24, 2.45) is 0 Å². The highest BCUT2D eigenvalue weighted by atomic mass is 16.6. The number of carboxylic acid groups (broad SMARTS) is 1. The number of hydrogen-bond donors (Lipinski definition) is 3. The standard InChI is InChI=1S/C20H28N2O5/c1-20(2,3)27-19(26)22-16(18(24)25)13-9-10-14-21-17(23)15-11-7-5-4-6-8-12-15/h4-8,11-12,16H,9-10,13-14H2,1-3H3,(H,21,23)(H,22,26)(H,24,25)/b5-4-,6-4?,7-5?,8-6-,11-7?,12-8?,15-11?,15-12?/t16-/m1/s1. The summed E-state index contributed by atoms with van der Waals surface area (Å²) in [5.41, 5.74) is -0.145. The third-order valence-electron chi connectivity index (χ3n) is 3.45. The smallest absolute Gasteiger partial charge is 0.408 e. The Morgan fingerprint density at radius 2 is 1.74 bits per heavy atom. The van der Waals surface area contributed by atoms with Crippen LogP contribution in [0.25, 0.3) is 0 Å². The first-order valence-electron chi connectivity index (χ1n) is 8.91. The van der Waals surface area contributed by atoms with E-state index >= 15 is 0 Å². The fourth-order valence-electron chi connectivity index (χ4n) is 2.20. The molecule has 7 heteroatoms. The first-order valence-corrected chi connectivity index (χ1v) is 8.91. The highest BCUT2D eigenvalue weighted by molar-refractivity contribution is 5.96. The molecule has 0 saturated carbocycles. The van der Waals surface area contributed by atoms with E-state index < -0.39 is 23.7 Å². The lowest BCUT2D eigenvalue weighted by atomic mass is 10.1. The summed E-state index contributed by atoms with van der Waals surface area (Å²) in [7, 11) is 0. The average Bonchev–Trinajstić information content (AvgIpc) is 2.50. The van der Waals surface area contributed by atoms with Gasteiger partial charge in [0.15, 0.2) is 0 Å². The summed E-state index contributed by atoms with van der Waals surface area (Å²) < 4.78 is 5.07. The van der Waals surface area contributed by atoms with Gasteiger partial charge in [-0.05, 0) is 52.2 Å². The molecule has 27 heavy (non-hydrogen) atoms. The molecule has 148 valence electrons. The van der Waals surface area contributed by atoms with E-state index in [0.29, 0.717) is 25.0 Å². The van der Waals surface area contributed by atoms with Crippen molar-refractivity contribution >= 4 is 18.0 Å². The Balaban J connectivity index is 2.34. The lowest BCUT2D eigenvalue weighted by molar-refractivity contribution is -0.139. The van der Waals surface area contributed by atoms with Gasteiger partial charge in [-0.15, -0.1) is 0 Å². The van der Waals surface area contributed by atoms with Gasteiger partial charge in [-0.1, -0.05) is 30.4 Å². The number of rotatable bonds is 8. The Labute approximate surface area is 159 Å². The minimum absolute atomic E-state index is 0.187. The van der Waals surface area contributed by atoms with E-state index in [1.54, 1.807) is 45.1 Å². The van der Waals surface area contributed by atoms with Gasteiger partial charge >= 0.3 is 12.1 Å². The van der Waals surface area contributed by atoms with Crippen LogP contribution in [-0.4, -0.2) is 41.3 Å². The quantitative estimate of drug-likeness (QED) is 0.565. The molecule has 0 radical (unpaired) electrons. The van der Waals surface area contributed by atoms with E-state index in [2.05, 4.69) is 10.6 Å². The maximum Gasteiger partial charge on any atom is 0.408 e. The van der Waals surface area contributed by atoms with Crippen molar-refractivity contribution < 1.29 is 24.2 Å². The highest BCUT2D eigenvalue weighted by Gasteiger charge is 2.23. The summed E-state index contributed by atoms with van der Waals surface area (Å²) in [5.74, 6) is -1.30. The van der Waals surface area contributed by atoms with Gasteiger partial charge in [0.25, 0.3) is 5.91 Å². The Morgan fingerprint density at radius 1 is 1.07 bits per heavy atom. The second-order valence-electron chi connectivity index (χ2n) is 7.04. The zero-order valence-electron chi connectivity index (χ0n) is 16.0. The minimum atomic E-state index is -1.12. The SMILES string of the molecule is CC(C)(C)OC(=O)N[C@H](CCCCNC(=O)C1=C/C=C\C=C/C=C1)C(=O)O. The Hall–Kier alpha value is -2.83. The molecule has 3 N–H and O–H groups in total. The number of alkyl carbamates (subject to hydrolysis) is 1. The number of ether oxygens (including phenoxy) is 1. The van der Waals surface area contributed by atoms with Gasteiger partial charge in [0.05, 0.1) is 0 Å². The number of aliphatic carboxylic acids is 1. The first-order chi connectivity index (χ1) is 12.7. The fraction of sp³-hybridized carbons (Fsp3) is 0.450. The number of nitrogens with one attached hydrogen (secondary N) is 2. The van der Waals surface area contributed by atoms with E-state index in [4.69, 9.17) is 4.74 Å². The lowest BCUT2D eigenvalue weighted by Crippen LogP contribution is -2.43. The zero-order chi connectivity index (χ0) is 20.3. The number of carbonyl (C=O) groups excluding carboxylic acids is 2. The van der Waals surface area contributed by atoms with Gasteiger partial charge in [0.1, 0.15) is 11.6 Å². The number of carbonyl (C=O) groups is 3. The highest BCUT2D eigenvalue weighted by Crippen LogP contribution is 2.08. The van der Waals surface area contributed by atoms with Gasteiger partial charge in [-0.2, -0.15) is 0 Å². The van der Waals surface area contributed by atoms with Gasteiger partial charge < -0.3 is 20.5 Å². The molecular formula is C20H28N2O5. The van der Waals surface area contributed by atoms with Crippen LogP contribution in [0.2, 0.25) is 0 Å². The van der Waals surface area contributed by atoms with Crippen LogP contribution in [0.5, 0.6) is 0 Å². The monoisotopic (exact) mass is 376 g/mol. The van der Waals surface area contributed by atoms with E-state index in [0.717, 1.165) is 0 Å². The summed E-state index contributed by atoms with van der Waals surface area (Å²) in [4.78, 5) is 35.1. The number of unbranched alkanes of at least 4 members (excludes halogenated alkanes) is 1. The topological polar surface area (TPSA) is 105 Å². The zero-order valence-corrected chi connectivity index (χ0v) is 16.0. The molecule has 0 aromatic carbocycles. The second kappa shape index (κ2) is 11.0. The van der Waals surface area contributed by atoms with Crippen molar-refractivity contribution in [2.45, 2.75) is 51.7 Å². The normalized spacial score (nSPS) is 16.9. The number of allylic oxidation sites excluding steroid dienone is 6. The molecule has 1 rings (SSSR count). The molecule has 0 fully saturated rings. The fourth-order valence-corrected chi connectivity index (χ4v) is 2.20. The Kier molecular flexibility index (Phi) is 9.05. The molecule has 1 atom stereocenters. The van der Waals surface area contributed by atoms with Crippen LogP contribution in [0, 0.1) is 0 Å². The van der Waals surface area contributed by atoms with Gasteiger partial charge in [0.2, 0.25) is 0 Å². The molecule has 1 aliphatic rings. The summed E-state index contributed by atoms with van der Waals surface area (Å²) in [5, 5.41) is 14.4. The third kappa shape index (κ3) is 10.0. The van der Waals surface area contributed by atoms with Crippen LogP contribution in [-0.2, 0) is 14.3 Å². The van der Waals surface area contributed by atoms with Crippen LogP contribution < -0.4 is 10.6 Å². The van der Waals surface area contributed by atoms with Crippen LogP contribution in [0.1, 0.15) is 40.0 Å².